The highest BCUT2D eigenvalue weighted by Gasteiger charge is 2.23. The molecule has 2 rings (SSSR count). The lowest BCUT2D eigenvalue weighted by atomic mass is 9.95. The molecule has 0 bridgehead atoms. The van der Waals surface area contributed by atoms with Crippen molar-refractivity contribution in [3.8, 4) is 5.75 Å². The van der Waals surface area contributed by atoms with Gasteiger partial charge >= 0.3 is 0 Å². The lowest BCUT2D eigenvalue weighted by Gasteiger charge is -2.29. The van der Waals surface area contributed by atoms with Gasteiger partial charge in [-0.2, -0.15) is 0 Å². The Morgan fingerprint density at radius 1 is 1.33 bits per heavy atom. The molecule has 3 nitrogen and oxygen atoms in total. The maximum Gasteiger partial charge on any atom is 0.118 e. The minimum absolute atomic E-state index is 0.0738. The van der Waals surface area contributed by atoms with E-state index in [-0.39, 0.29) is 12.1 Å². The van der Waals surface area contributed by atoms with Crippen molar-refractivity contribution >= 4 is 0 Å². The van der Waals surface area contributed by atoms with Crippen molar-refractivity contribution in [3.63, 3.8) is 0 Å². The molecule has 1 fully saturated rings. The van der Waals surface area contributed by atoms with E-state index in [9.17, 15) is 5.11 Å². The number of hydrogen-bond acceptors (Lipinski definition) is 3. The molecule has 1 aliphatic heterocycles. The molecule has 1 aromatic rings. The Morgan fingerprint density at radius 3 is 2.67 bits per heavy atom. The number of benzene rings is 1. The fraction of sp³-hybridized carbons (Fsp3) is 0.500. The average molecular weight is 207 g/mol. The normalized spacial score (nSPS) is 26.3. The van der Waals surface area contributed by atoms with Gasteiger partial charge in [0.1, 0.15) is 5.75 Å². The van der Waals surface area contributed by atoms with E-state index in [0.717, 1.165) is 30.7 Å². The highest BCUT2D eigenvalue weighted by Crippen LogP contribution is 2.24. The van der Waals surface area contributed by atoms with Gasteiger partial charge in [-0.05, 0) is 37.1 Å². The second-order valence-corrected chi connectivity index (χ2v) is 3.91. The summed E-state index contributed by atoms with van der Waals surface area (Å²) in [5.41, 5.74) is 1.13. The Hall–Kier alpha value is -1.06. The van der Waals surface area contributed by atoms with E-state index < -0.39 is 0 Å². The molecule has 0 aromatic heterocycles. The summed E-state index contributed by atoms with van der Waals surface area (Å²) in [6.07, 6.45) is 1.66. The molecular weight excluding hydrogens is 190 g/mol. The quantitative estimate of drug-likeness (QED) is 0.772. The summed E-state index contributed by atoms with van der Waals surface area (Å²) < 4.78 is 5.10. The average Bonchev–Trinajstić information content (AvgIpc) is 2.30. The van der Waals surface area contributed by atoms with Crippen molar-refractivity contribution in [1.82, 2.24) is 5.32 Å². The minimum Gasteiger partial charge on any atom is -0.497 e. The first kappa shape index (κ1) is 10.5. The first-order chi connectivity index (χ1) is 7.31. The zero-order valence-electron chi connectivity index (χ0n) is 8.94. The van der Waals surface area contributed by atoms with E-state index in [2.05, 4.69) is 5.32 Å². The fourth-order valence-electron chi connectivity index (χ4n) is 2.02. The maximum absolute atomic E-state index is 9.86. The van der Waals surface area contributed by atoms with E-state index in [1.165, 1.54) is 0 Å². The van der Waals surface area contributed by atoms with Crippen LogP contribution < -0.4 is 10.1 Å². The molecule has 0 amide bonds. The van der Waals surface area contributed by atoms with Crippen molar-refractivity contribution in [1.29, 1.82) is 0 Å². The SMILES string of the molecule is COc1ccc(C2NCCCC2O)cc1. The number of nitrogens with one attached hydrogen (secondary N) is 1. The van der Waals surface area contributed by atoms with Gasteiger partial charge in [0.25, 0.3) is 0 Å². The van der Waals surface area contributed by atoms with Gasteiger partial charge in [-0.15, -0.1) is 0 Å². The summed E-state index contributed by atoms with van der Waals surface area (Å²) in [5.74, 6) is 0.851. The topological polar surface area (TPSA) is 41.5 Å². The summed E-state index contributed by atoms with van der Waals surface area (Å²) in [4.78, 5) is 0. The molecule has 1 saturated heterocycles. The Bertz CT molecular complexity index is 310. The third kappa shape index (κ3) is 2.30. The van der Waals surface area contributed by atoms with Crippen molar-refractivity contribution in [2.24, 2.45) is 0 Å². The molecule has 82 valence electrons. The molecule has 2 atom stereocenters. The Labute approximate surface area is 90.1 Å². The lowest BCUT2D eigenvalue weighted by Crippen LogP contribution is -2.37. The van der Waals surface area contributed by atoms with E-state index in [1.54, 1.807) is 7.11 Å². The maximum atomic E-state index is 9.86. The predicted molar refractivity (Wildman–Crippen MR) is 59.0 cm³/mol. The molecule has 0 saturated carbocycles. The van der Waals surface area contributed by atoms with Gasteiger partial charge in [0, 0.05) is 0 Å². The van der Waals surface area contributed by atoms with Crippen LogP contribution in [0.25, 0.3) is 0 Å². The first-order valence-corrected chi connectivity index (χ1v) is 5.36. The number of methoxy groups -OCH3 is 1. The van der Waals surface area contributed by atoms with Crippen LogP contribution in [-0.4, -0.2) is 24.9 Å². The number of aliphatic hydroxyl groups is 1. The Morgan fingerprint density at radius 2 is 2.07 bits per heavy atom. The second-order valence-electron chi connectivity index (χ2n) is 3.91. The van der Waals surface area contributed by atoms with Gasteiger partial charge in [-0.3, -0.25) is 0 Å². The highest BCUT2D eigenvalue weighted by atomic mass is 16.5. The molecule has 0 aliphatic carbocycles. The van der Waals surface area contributed by atoms with Crippen molar-refractivity contribution in [2.75, 3.05) is 13.7 Å². The molecule has 1 aliphatic rings. The van der Waals surface area contributed by atoms with Gasteiger partial charge in [-0.25, -0.2) is 0 Å². The van der Waals surface area contributed by atoms with Crippen LogP contribution in [0, 0.1) is 0 Å². The smallest absolute Gasteiger partial charge is 0.118 e. The van der Waals surface area contributed by atoms with Gasteiger partial charge in [-0.1, -0.05) is 12.1 Å². The van der Waals surface area contributed by atoms with Crippen molar-refractivity contribution in [2.45, 2.75) is 25.0 Å². The molecule has 3 heteroatoms. The molecule has 0 spiro atoms. The zero-order chi connectivity index (χ0) is 10.7. The van der Waals surface area contributed by atoms with E-state index in [0.29, 0.717) is 0 Å². The Kier molecular flexibility index (Phi) is 3.23. The van der Waals surface area contributed by atoms with Crippen LogP contribution in [0.4, 0.5) is 0 Å². The second kappa shape index (κ2) is 4.64. The number of hydrogen-bond donors (Lipinski definition) is 2. The molecule has 1 heterocycles. The molecule has 2 N–H and O–H groups in total. The summed E-state index contributed by atoms with van der Waals surface area (Å²) in [6.45, 7) is 0.980. The van der Waals surface area contributed by atoms with Gasteiger partial charge in [0.15, 0.2) is 0 Å². The first-order valence-electron chi connectivity index (χ1n) is 5.36. The number of rotatable bonds is 2. The van der Waals surface area contributed by atoms with Crippen molar-refractivity contribution < 1.29 is 9.84 Å². The largest absolute Gasteiger partial charge is 0.497 e. The van der Waals surface area contributed by atoms with Crippen LogP contribution in [0.2, 0.25) is 0 Å². The molecule has 15 heavy (non-hydrogen) atoms. The van der Waals surface area contributed by atoms with Crippen LogP contribution >= 0.6 is 0 Å². The fourth-order valence-corrected chi connectivity index (χ4v) is 2.02. The summed E-state index contributed by atoms with van der Waals surface area (Å²) in [5, 5.41) is 13.2. The van der Waals surface area contributed by atoms with E-state index in [1.807, 2.05) is 24.3 Å². The van der Waals surface area contributed by atoms with Crippen LogP contribution in [0.15, 0.2) is 24.3 Å². The van der Waals surface area contributed by atoms with Crippen LogP contribution in [0.3, 0.4) is 0 Å². The minimum atomic E-state index is -0.271. The summed E-state index contributed by atoms with van der Waals surface area (Å²) >= 11 is 0. The zero-order valence-corrected chi connectivity index (χ0v) is 8.94. The van der Waals surface area contributed by atoms with Crippen molar-refractivity contribution in [3.05, 3.63) is 29.8 Å². The molecule has 0 radical (unpaired) electrons. The van der Waals surface area contributed by atoms with Crippen LogP contribution in [0.5, 0.6) is 5.75 Å². The predicted octanol–water partition coefficient (Wildman–Crippen LogP) is 1.48. The standard InChI is InChI=1S/C12H17NO2/c1-15-10-6-4-9(5-7-10)12-11(14)3-2-8-13-12/h4-7,11-14H,2-3,8H2,1H3. The highest BCUT2D eigenvalue weighted by molar-refractivity contribution is 5.29. The molecular formula is C12H17NO2. The Balaban J connectivity index is 2.13. The van der Waals surface area contributed by atoms with Crippen LogP contribution in [-0.2, 0) is 0 Å². The van der Waals surface area contributed by atoms with Gasteiger partial charge in [0.2, 0.25) is 0 Å². The molecule has 2 unspecified atom stereocenters. The molecule has 1 aromatic carbocycles. The summed E-state index contributed by atoms with van der Waals surface area (Å²) in [7, 11) is 1.66. The number of aliphatic hydroxyl groups excluding tert-OH is 1. The number of ether oxygens (including phenoxy) is 1. The van der Waals surface area contributed by atoms with Gasteiger partial charge < -0.3 is 15.2 Å². The van der Waals surface area contributed by atoms with Gasteiger partial charge in [0.05, 0.1) is 19.3 Å². The van der Waals surface area contributed by atoms with Crippen LogP contribution in [0.1, 0.15) is 24.4 Å². The monoisotopic (exact) mass is 207 g/mol. The van der Waals surface area contributed by atoms with E-state index >= 15 is 0 Å². The lowest BCUT2D eigenvalue weighted by molar-refractivity contribution is 0.0965. The number of piperidine rings is 1. The third-order valence-corrected chi connectivity index (χ3v) is 2.90. The third-order valence-electron chi connectivity index (χ3n) is 2.90. The summed E-state index contributed by atoms with van der Waals surface area (Å²) in [6, 6.07) is 7.94. The van der Waals surface area contributed by atoms with E-state index in [4.69, 9.17) is 4.74 Å².